The maximum absolute atomic E-state index is 5.44. The molecular weight excluding hydrogens is 372 g/mol. The van der Waals surface area contributed by atoms with Crippen LogP contribution in [0.4, 0.5) is 11.5 Å². The van der Waals surface area contributed by atoms with Crippen LogP contribution in [0.5, 0.6) is 11.5 Å². The molecule has 0 bridgehead atoms. The van der Waals surface area contributed by atoms with E-state index in [2.05, 4.69) is 40.6 Å². The molecule has 28 heavy (non-hydrogen) atoms. The Bertz CT molecular complexity index is 1310. The lowest BCUT2D eigenvalue weighted by atomic mass is 10.2. The molecule has 4 heterocycles. The van der Waals surface area contributed by atoms with E-state index in [0.29, 0.717) is 0 Å². The van der Waals surface area contributed by atoms with Gasteiger partial charge in [0.1, 0.15) is 5.69 Å². The number of anilines is 2. The van der Waals surface area contributed by atoms with Gasteiger partial charge in [-0.1, -0.05) is 18.2 Å². The summed E-state index contributed by atoms with van der Waals surface area (Å²) in [5, 5.41) is 9.31. The zero-order valence-electron chi connectivity index (χ0n) is 14.6. The lowest BCUT2D eigenvalue weighted by Gasteiger charge is -2.07. The molecule has 0 spiro atoms. The predicted octanol–water partition coefficient (Wildman–Crippen LogP) is 5.08. The minimum absolute atomic E-state index is 0.260. The molecule has 0 radical (unpaired) electrons. The summed E-state index contributed by atoms with van der Waals surface area (Å²) in [6.45, 7) is 0.260. The molecule has 0 amide bonds. The van der Waals surface area contributed by atoms with Crippen molar-refractivity contribution < 1.29 is 9.47 Å². The van der Waals surface area contributed by atoms with Crippen LogP contribution in [0.2, 0.25) is 0 Å². The number of hydrogen-bond acceptors (Lipinski definition) is 6. The van der Waals surface area contributed by atoms with Gasteiger partial charge in [-0.3, -0.25) is 0 Å². The quantitative estimate of drug-likeness (QED) is 0.468. The molecule has 7 heteroatoms. The molecule has 0 fully saturated rings. The highest BCUT2D eigenvalue weighted by atomic mass is 32.1. The van der Waals surface area contributed by atoms with E-state index in [1.54, 1.807) is 11.3 Å². The fourth-order valence-electron chi connectivity index (χ4n) is 3.34. The van der Waals surface area contributed by atoms with E-state index < -0.39 is 0 Å². The number of aromatic nitrogens is 3. The van der Waals surface area contributed by atoms with Crippen LogP contribution in [0, 0.1) is 0 Å². The zero-order valence-corrected chi connectivity index (χ0v) is 15.4. The van der Waals surface area contributed by atoms with Gasteiger partial charge in [-0.2, -0.15) is 0 Å². The minimum atomic E-state index is 0.260. The van der Waals surface area contributed by atoms with Crippen LogP contribution in [-0.2, 0) is 0 Å². The number of fused-ring (bicyclic) bond motifs is 3. The van der Waals surface area contributed by atoms with Crippen molar-refractivity contribution in [3.05, 3.63) is 66.9 Å². The molecule has 136 valence electrons. The summed E-state index contributed by atoms with van der Waals surface area (Å²) in [5.74, 6) is 2.22. The third kappa shape index (κ3) is 2.48. The third-order valence-electron chi connectivity index (χ3n) is 4.69. The molecule has 0 aliphatic carbocycles. The lowest BCUT2D eigenvalue weighted by molar-refractivity contribution is 0.174. The van der Waals surface area contributed by atoms with Gasteiger partial charge in [0.25, 0.3) is 0 Å². The van der Waals surface area contributed by atoms with Gasteiger partial charge < -0.3 is 14.8 Å². The second kappa shape index (κ2) is 5.97. The second-order valence-corrected chi connectivity index (χ2v) is 7.56. The highest BCUT2D eigenvalue weighted by Crippen LogP contribution is 2.36. The van der Waals surface area contributed by atoms with E-state index in [9.17, 15) is 0 Å². The van der Waals surface area contributed by atoms with E-state index >= 15 is 0 Å². The minimum Gasteiger partial charge on any atom is -0.454 e. The zero-order chi connectivity index (χ0) is 18.5. The Morgan fingerprint density at radius 3 is 2.86 bits per heavy atom. The summed E-state index contributed by atoms with van der Waals surface area (Å²) in [4.78, 5) is 5.64. The monoisotopic (exact) mass is 386 g/mol. The number of benzene rings is 2. The summed E-state index contributed by atoms with van der Waals surface area (Å²) in [6.07, 6.45) is 1.87. The number of hydrogen-bond donors (Lipinski definition) is 1. The average molecular weight is 386 g/mol. The third-order valence-corrected chi connectivity index (χ3v) is 5.82. The van der Waals surface area contributed by atoms with Crippen LogP contribution in [0.1, 0.15) is 0 Å². The number of nitrogens with one attached hydrogen (secondary N) is 1. The second-order valence-electron chi connectivity index (χ2n) is 6.47. The molecule has 3 aromatic heterocycles. The van der Waals surface area contributed by atoms with E-state index in [0.717, 1.165) is 39.2 Å². The van der Waals surface area contributed by atoms with Gasteiger partial charge in [0.05, 0.1) is 11.1 Å². The van der Waals surface area contributed by atoms with Crippen LogP contribution in [0.25, 0.3) is 26.3 Å². The van der Waals surface area contributed by atoms with Gasteiger partial charge in [0.2, 0.25) is 6.79 Å². The number of nitrogens with zero attached hydrogens (tertiary/aromatic N) is 3. The SMILES string of the molecule is c1ccc2sc(-c3cnc4ccc(Nc5ccc6c(c5)OCO6)nn34)cc2c1. The molecule has 6 rings (SSSR count). The first-order chi connectivity index (χ1) is 13.8. The molecule has 0 saturated carbocycles. The average Bonchev–Trinajstić information content (AvgIpc) is 3.44. The first-order valence-electron chi connectivity index (χ1n) is 8.84. The van der Waals surface area contributed by atoms with Gasteiger partial charge in [-0.15, -0.1) is 16.4 Å². The van der Waals surface area contributed by atoms with E-state index in [-0.39, 0.29) is 6.79 Å². The fourth-order valence-corrected chi connectivity index (χ4v) is 4.40. The lowest BCUT2D eigenvalue weighted by Crippen LogP contribution is -2.00. The van der Waals surface area contributed by atoms with Crippen molar-refractivity contribution in [1.82, 2.24) is 14.6 Å². The van der Waals surface area contributed by atoms with Crippen molar-refractivity contribution in [3.63, 3.8) is 0 Å². The first-order valence-corrected chi connectivity index (χ1v) is 9.66. The Kier molecular flexibility index (Phi) is 3.30. The Morgan fingerprint density at radius 1 is 0.964 bits per heavy atom. The van der Waals surface area contributed by atoms with Gasteiger partial charge in [0.15, 0.2) is 23.0 Å². The van der Waals surface area contributed by atoms with E-state index in [4.69, 9.17) is 14.6 Å². The Hall–Kier alpha value is -3.58. The van der Waals surface area contributed by atoms with Crippen molar-refractivity contribution in [2.75, 3.05) is 12.1 Å². The summed E-state index contributed by atoms with van der Waals surface area (Å²) in [6, 6.07) is 20.2. The van der Waals surface area contributed by atoms with E-state index in [1.807, 2.05) is 41.0 Å². The molecule has 1 aliphatic heterocycles. The highest BCUT2D eigenvalue weighted by Gasteiger charge is 2.14. The Labute approximate surface area is 164 Å². The van der Waals surface area contributed by atoms with Gasteiger partial charge in [0, 0.05) is 16.5 Å². The van der Waals surface area contributed by atoms with Gasteiger partial charge in [-0.05, 0) is 41.8 Å². The van der Waals surface area contributed by atoms with Crippen molar-refractivity contribution >= 4 is 38.6 Å². The maximum Gasteiger partial charge on any atom is 0.231 e. The molecule has 6 nitrogen and oxygen atoms in total. The van der Waals surface area contributed by atoms with Crippen LogP contribution in [-0.4, -0.2) is 21.4 Å². The summed E-state index contributed by atoms with van der Waals surface area (Å²) < 4.78 is 13.9. The van der Waals surface area contributed by atoms with Gasteiger partial charge in [-0.25, -0.2) is 9.50 Å². The number of imidazole rings is 1. The summed E-state index contributed by atoms with van der Waals surface area (Å²) in [7, 11) is 0. The maximum atomic E-state index is 5.44. The topological polar surface area (TPSA) is 60.7 Å². The molecule has 0 atom stereocenters. The standard InChI is InChI=1S/C21H14N4O2S/c1-2-4-18-13(3-1)9-19(28-18)15-11-22-21-8-7-20(24-25(15)21)23-14-5-6-16-17(10-14)27-12-26-16/h1-11H,12H2,(H,23,24). The molecule has 1 aliphatic rings. The van der Waals surface area contributed by atoms with Crippen molar-refractivity contribution in [2.24, 2.45) is 0 Å². The number of ether oxygens (including phenoxy) is 2. The largest absolute Gasteiger partial charge is 0.454 e. The van der Waals surface area contributed by atoms with Gasteiger partial charge >= 0.3 is 0 Å². The molecule has 0 unspecified atom stereocenters. The van der Waals surface area contributed by atoms with E-state index in [1.165, 1.54) is 10.1 Å². The smallest absolute Gasteiger partial charge is 0.231 e. The highest BCUT2D eigenvalue weighted by molar-refractivity contribution is 7.22. The van der Waals surface area contributed by atoms with Crippen LogP contribution < -0.4 is 14.8 Å². The normalized spacial score (nSPS) is 12.7. The summed E-state index contributed by atoms with van der Waals surface area (Å²) >= 11 is 1.74. The number of rotatable bonds is 3. The molecule has 2 aromatic carbocycles. The van der Waals surface area contributed by atoms with Crippen molar-refractivity contribution in [3.8, 4) is 22.1 Å². The number of thiophene rings is 1. The molecule has 0 saturated heterocycles. The van der Waals surface area contributed by atoms with Crippen LogP contribution in [0.3, 0.4) is 0 Å². The molecule has 1 N–H and O–H groups in total. The van der Waals surface area contributed by atoms with Crippen molar-refractivity contribution in [1.29, 1.82) is 0 Å². The Balaban J connectivity index is 1.39. The van der Waals surface area contributed by atoms with Crippen molar-refractivity contribution in [2.45, 2.75) is 0 Å². The summed E-state index contributed by atoms with van der Waals surface area (Å²) in [5.41, 5.74) is 2.67. The first kappa shape index (κ1) is 15.5. The fraction of sp³-hybridized carbons (Fsp3) is 0.0476. The molecule has 5 aromatic rings. The predicted molar refractivity (Wildman–Crippen MR) is 110 cm³/mol. The van der Waals surface area contributed by atoms with Crippen LogP contribution in [0.15, 0.2) is 66.9 Å². The van der Waals surface area contributed by atoms with Crippen LogP contribution >= 0.6 is 11.3 Å². The Morgan fingerprint density at radius 2 is 1.89 bits per heavy atom. The molecular formula is C21H14N4O2S.